The van der Waals surface area contributed by atoms with E-state index in [1.807, 2.05) is 11.8 Å². The molecule has 76 valence electrons. The first-order chi connectivity index (χ1) is 6.86. The third-order valence-corrected chi connectivity index (χ3v) is 4.42. The van der Waals surface area contributed by atoms with E-state index in [4.69, 9.17) is 11.6 Å². The molecule has 0 aliphatic carbocycles. The number of halogens is 1. The molecule has 14 heavy (non-hydrogen) atoms. The Labute approximate surface area is 92.2 Å². The van der Waals surface area contributed by atoms with Gasteiger partial charge in [-0.05, 0) is 13.0 Å². The number of hydrogen-bond acceptors (Lipinski definition) is 3. The normalized spacial score (nSPS) is 21.8. The smallest absolute Gasteiger partial charge is 0.154 e. The van der Waals surface area contributed by atoms with Crippen LogP contribution in [0.15, 0.2) is 0 Å². The Kier molecular flexibility index (Phi) is 2.22. The minimum absolute atomic E-state index is 0.584. The standard InChI is InChI=1S/C9H12ClN3S/c10-9-7-1-2-11-3-8(7)13(12-9)6-4-14-5-6/h6,11H,1-5H2. The molecular weight excluding hydrogens is 218 g/mol. The van der Waals surface area contributed by atoms with Gasteiger partial charge in [0, 0.05) is 23.6 Å². The van der Waals surface area contributed by atoms with Gasteiger partial charge in [-0.2, -0.15) is 16.9 Å². The summed E-state index contributed by atoms with van der Waals surface area (Å²) in [6, 6.07) is 0.584. The van der Waals surface area contributed by atoms with Crippen LogP contribution >= 0.6 is 23.4 Å². The predicted octanol–water partition coefficient (Wildman–Crippen LogP) is 1.47. The quantitative estimate of drug-likeness (QED) is 0.791. The number of aromatic nitrogens is 2. The minimum Gasteiger partial charge on any atom is -0.311 e. The van der Waals surface area contributed by atoms with Gasteiger partial charge in [-0.15, -0.1) is 0 Å². The van der Waals surface area contributed by atoms with Crippen molar-refractivity contribution in [2.75, 3.05) is 18.1 Å². The molecule has 3 rings (SSSR count). The van der Waals surface area contributed by atoms with Crippen LogP contribution < -0.4 is 5.32 Å². The van der Waals surface area contributed by atoms with Crippen molar-refractivity contribution < 1.29 is 0 Å². The zero-order valence-electron chi connectivity index (χ0n) is 7.79. The van der Waals surface area contributed by atoms with Crippen LogP contribution in [-0.4, -0.2) is 27.8 Å². The fourth-order valence-electron chi connectivity index (χ4n) is 1.99. The molecule has 0 atom stereocenters. The fourth-order valence-corrected chi connectivity index (χ4v) is 3.01. The first-order valence-corrected chi connectivity index (χ1v) is 6.44. The van der Waals surface area contributed by atoms with Crippen LogP contribution in [0.2, 0.25) is 5.15 Å². The molecule has 1 aromatic heterocycles. The molecule has 1 saturated heterocycles. The summed E-state index contributed by atoms with van der Waals surface area (Å²) in [7, 11) is 0. The molecule has 1 N–H and O–H groups in total. The maximum Gasteiger partial charge on any atom is 0.154 e. The number of hydrogen-bond donors (Lipinski definition) is 1. The SMILES string of the molecule is Clc1nn(C2CSC2)c2c1CCNC2. The van der Waals surface area contributed by atoms with Crippen molar-refractivity contribution in [2.45, 2.75) is 19.0 Å². The van der Waals surface area contributed by atoms with Gasteiger partial charge in [-0.3, -0.25) is 4.68 Å². The average Bonchev–Trinajstić information content (AvgIpc) is 2.43. The molecule has 3 nitrogen and oxygen atoms in total. The lowest BCUT2D eigenvalue weighted by Gasteiger charge is -2.28. The monoisotopic (exact) mass is 229 g/mol. The molecule has 3 heterocycles. The molecule has 1 aromatic rings. The Morgan fingerprint density at radius 1 is 1.50 bits per heavy atom. The minimum atomic E-state index is 0.584. The molecule has 1 fully saturated rings. The number of nitrogens with one attached hydrogen (secondary N) is 1. The van der Waals surface area contributed by atoms with E-state index in [0.29, 0.717) is 6.04 Å². The molecule has 5 heteroatoms. The molecule has 0 amide bonds. The molecule has 0 bridgehead atoms. The van der Waals surface area contributed by atoms with E-state index < -0.39 is 0 Å². The third kappa shape index (κ3) is 1.28. The second-order valence-corrected chi connectivity index (χ2v) is 5.21. The van der Waals surface area contributed by atoms with Crippen molar-refractivity contribution in [2.24, 2.45) is 0 Å². The zero-order chi connectivity index (χ0) is 9.54. The highest BCUT2D eigenvalue weighted by molar-refractivity contribution is 8.00. The average molecular weight is 230 g/mol. The third-order valence-electron chi connectivity index (χ3n) is 2.88. The van der Waals surface area contributed by atoms with Crippen LogP contribution in [0.5, 0.6) is 0 Å². The first kappa shape index (κ1) is 9.07. The Morgan fingerprint density at radius 2 is 2.36 bits per heavy atom. The van der Waals surface area contributed by atoms with Gasteiger partial charge in [0.25, 0.3) is 0 Å². The van der Waals surface area contributed by atoms with Crippen molar-refractivity contribution in [1.29, 1.82) is 0 Å². The van der Waals surface area contributed by atoms with Crippen molar-refractivity contribution in [3.05, 3.63) is 16.4 Å². The lowest BCUT2D eigenvalue weighted by Crippen LogP contribution is -2.30. The zero-order valence-corrected chi connectivity index (χ0v) is 9.37. The van der Waals surface area contributed by atoms with E-state index in [0.717, 1.165) is 24.7 Å². The van der Waals surface area contributed by atoms with E-state index in [2.05, 4.69) is 15.1 Å². The second kappa shape index (κ2) is 3.43. The number of rotatable bonds is 1. The fraction of sp³-hybridized carbons (Fsp3) is 0.667. The Hall–Kier alpha value is -0.190. The maximum atomic E-state index is 6.12. The Morgan fingerprint density at radius 3 is 3.07 bits per heavy atom. The van der Waals surface area contributed by atoms with Crippen molar-refractivity contribution >= 4 is 23.4 Å². The van der Waals surface area contributed by atoms with Gasteiger partial charge in [0.15, 0.2) is 5.15 Å². The van der Waals surface area contributed by atoms with Crippen LogP contribution in [0, 0.1) is 0 Å². The van der Waals surface area contributed by atoms with Crippen LogP contribution in [-0.2, 0) is 13.0 Å². The summed E-state index contributed by atoms with van der Waals surface area (Å²) in [5, 5.41) is 8.54. The molecular formula is C9H12ClN3S. The summed E-state index contributed by atoms with van der Waals surface area (Å²) < 4.78 is 2.14. The molecule has 0 saturated carbocycles. The summed E-state index contributed by atoms with van der Waals surface area (Å²) in [6.07, 6.45) is 1.02. The van der Waals surface area contributed by atoms with Crippen LogP contribution in [0.1, 0.15) is 17.3 Å². The van der Waals surface area contributed by atoms with Crippen LogP contribution in [0.4, 0.5) is 0 Å². The van der Waals surface area contributed by atoms with E-state index in [1.54, 1.807) is 0 Å². The Bertz CT molecular complexity index is 359. The largest absolute Gasteiger partial charge is 0.311 e. The number of fused-ring (bicyclic) bond motifs is 1. The van der Waals surface area contributed by atoms with E-state index in [1.165, 1.54) is 22.8 Å². The maximum absolute atomic E-state index is 6.12. The van der Waals surface area contributed by atoms with Gasteiger partial charge in [-0.25, -0.2) is 0 Å². The topological polar surface area (TPSA) is 29.9 Å². The van der Waals surface area contributed by atoms with Crippen LogP contribution in [0.3, 0.4) is 0 Å². The second-order valence-electron chi connectivity index (χ2n) is 3.78. The molecule has 2 aliphatic heterocycles. The van der Waals surface area contributed by atoms with Crippen molar-refractivity contribution in [3.63, 3.8) is 0 Å². The van der Waals surface area contributed by atoms with Crippen molar-refractivity contribution in [3.8, 4) is 0 Å². The van der Waals surface area contributed by atoms with E-state index in [-0.39, 0.29) is 0 Å². The molecule has 2 aliphatic rings. The summed E-state index contributed by atoms with van der Waals surface area (Å²) in [4.78, 5) is 0. The van der Waals surface area contributed by atoms with Gasteiger partial charge in [0.1, 0.15) is 0 Å². The molecule has 0 radical (unpaired) electrons. The van der Waals surface area contributed by atoms with E-state index in [9.17, 15) is 0 Å². The van der Waals surface area contributed by atoms with Gasteiger partial charge >= 0.3 is 0 Å². The summed E-state index contributed by atoms with van der Waals surface area (Å²) in [5.74, 6) is 2.37. The summed E-state index contributed by atoms with van der Waals surface area (Å²) in [5.41, 5.74) is 2.58. The van der Waals surface area contributed by atoms with Gasteiger partial charge < -0.3 is 5.32 Å². The van der Waals surface area contributed by atoms with E-state index >= 15 is 0 Å². The van der Waals surface area contributed by atoms with Gasteiger partial charge in [0.2, 0.25) is 0 Å². The molecule has 0 spiro atoms. The lowest BCUT2D eigenvalue weighted by molar-refractivity contribution is 0.482. The number of thioether (sulfide) groups is 1. The summed E-state index contributed by atoms with van der Waals surface area (Å²) in [6.45, 7) is 1.95. The van der Waals surface area contributed by atoms with Crippen molar-refractivity contribution in [1.82, 2.24) is 15.1 Å². The highest BCUT2D eigenvalue weighted by Gasteiger charge is 2.27. The predicted molar refractivity (Wildman–Crippen MR) is 59.0 cm³/mol. The van der Waals surface area contributed by atoms with Gasteiger partial charge in [-0.1, -0.05) is 11.6 Å². The highest BCUT2D eigenvalue weighted by atomic mass is 35.5. The molecule has 0 aromatic carbocycles. The van der Waals surface area contributed by atoms with Crippen LogP contribution in [0.25, 0.3) is 0 Å². The first-order valence-electron chi connectivity index (χ1n) is 4.90. The van der Waals surface area contributed by atoms with Gasteiger partial charge in [0.05, 0.1) is 11.7 Å². The summed E-state index contributed by atoms with van der Waals surface area (Å²) >= 11 is 8.10. The Balaban J connectivity index is 2.02. The number of nitrogens with zero attached hydrogens (tertiary/aromatic N) is 2. The highest BCUT2D eigenvalue weighted by Crippen LogP contribution is 2.33. The molecule has 0 unspecified atom stereocenters. The lowest BCUT2D eigenvalue weighted by atomic mass is 10.1.